The van der Waals surface area contributed by atoms with Crippen LogP contribution in [0.4, 0.5) is 0 Å². The molecule has 1 aliphatic carbocycles. The van der Waals surface area contributed by atoms with Gasteiger partial charge in [-0.05, 0) is 56.5 Å². The lowest BCUT2D eigenvalue weighted by atomic mass is 9.71. The van der Waals surface area contributed by atoms with Crippen LogP contribution in [-0.2, 0) is 0 Å². The van der Waals surface area contributed by atoms with Crippen LogP contribution < -0.4 is 5.32 Å². The van der Waals surface area contributed by atoms with Gasteiger partial charge in [0.25, 0.3) is 0 Å². The third-order valence-corrected chi connectivity index (χ3v) is 5.28. The Kier molecular flexibility index (Phi) is 2.97. The van der Waals surface area contributed by atoms with E-state index in [2.05, 4.69) is 24.1 Å². The summed E-state index contributed by atoms with van der Waals surface area (Å²) >= 11 is 0. The van der Waals surface area contributed by atoms with Gasteiger partial charge in [-0.25, -0.2) is 0 Å². The van der Waals surface area contributed by atoms with E-state index in [1.807, 2.05) is 0 Å². The molecule has 1 N–H and O–H groups in total. The Balaban J connectivity index is 1.59. The van der Waals surface area contributed by atoms with Gasteiger partial charge in [-0.2, -0.15) is 0 Å². The second kappa shape index (κ2) is 4.30. The van der Waals surface area contributed by atoms with E-state index in [-0.39, 0.29) is 0 Å². The Bertz CT molecular complexity index is 245. The van der Waals surface area contributed by atoms with Crippen molar-refractivity contribution in [1.82, 2.24) is 10.2 Å². The number of hydrogen-bond donors (Lipinski definition) is 1. The van der Waals surface area contributed by atoms with Crippen molar-refractivity contribution in [2.45, 2.75) is 51.6 Å². The smallest absolute Gasteiger partial charge is 0.0263 e. The summed E-state index contributed by atoms with van der Waals surface area (Å²) in [4.78, 5) is 2.85. The molecule has 0 spiro atoms. The lowest BCUT2D eigenvalue weighted by molar-refractivity contribution is -0.00165. The molecule has 0 aromatic heterocycles. The molecule has 3 fully saturated rings. The first-order chi connectivity index (χ1) is 7.75. The fourth-order valence-corrected chi connectivity index (χ4v) is 4.00. The molecular weight excluding hydrogens is 196 g/mol. The standard InChI is InChI=1S/C14H26N2/c1-10(2)12-6-13(7-12)16-5-3-4-11-8-15-9-14(11)16/h10-15H,3-9H2,1-2H3. The van der Waals surface area contributed by atoms with Crippen molar-refractivity contribution in [3.8, 4) is 0 Å². The molecule has 3 aliphatic rings. The highest BCUT2D eigenvalue weighted by Gasteiger charge is 2.43. The molecule has 2 saturated heterocycles. The first-order valence-electron chi connectivity index (χ1n) is 7.22. The lowest BCUT2D eigenvalue weighted by Crippen LogP contribution is -2.55. The summed E-state index contributed by atoms with van der Waals surface area (Å²) in [5.74, 6) is 2.88. The fraction of sp³-hybridized carbons (Fsp3) is 1.00. The second-order valence-electron chi connectivity index (χ2n) is 6.50. The highest BCUT2D eigenvalue weighted by Crippen LogP contribution is 2.40. The zero-order valence-corrected chi connectivity index (χ0v) is 10.8. The molecule has 2 atom stereocenters. The van der Waals surface area contributed by atoms with Crippen molar-refractivity contribution in [2.24, 2.45) is 17.8 Å². The minimum Gasteiger partial charge on any atom is -0.315 e. The SMILES string of the molecule is CC(C)C1CC(N2CCCC3CNCC32)C1. The van der Waals surface area contributed by atoms with Crippen molar-refractivity contribution in [2.75, 3.05) is 19.6 Å². The molecule has 2 heterocycles. The molecule has 0 aromatic rings. The van der Waals surface area contributed by atoms with Crippen LogP contribution in [0.1, 0.15) is 39.5 Å². The number of hydrogen-bond acceptors (Lipinski definition) is 2. The van der Waals surface area contributed by atoms with Crippen LogP contribution in [0.3, 0.4) is 0 Å². The number of nitrogens with zero attached hydrogens (tertiary/aromatic N) is 1. The van der Waals surface area contributed by atoms with E-state index in [4.69, 9.17) is 0 Å². The summed E-state index contributed by atoms with van der Waals surface area (Å²) in [7, 11) is 0. The maximum Gasteiger partial charge on any atom is 0.0263 e. The van der Waals surface area contributed by atoms with Crippen LogP contribution in [0.2, 0.25) is 0 Å². The van der Waals surface area contributed by atoms with E-state index in [0.717, 1.165) is 29.8 Å². The number of fused-ring (bicyclic) bond motifs is 1. The minimum absolute atomic E-state index is 0.881. The summed E-state index contributed by atoms with van der Waals surface area (Å²) in [5.41, 5.74) is 0. The van der Waals surface area contributed by atoms with Gasteiger partial charge in [0, 0.05) is 18.6 Å². The molecule has 2 unspecified atom stereocenters. The number of likely N-dealkylation sites (tertiary alicyclic amines) is 1. The van der Waals surface area contributed by atoms with Crippen LogP contribution >= 0.6 is 0 Å². The van der Waals surface area contributed by atoms with Gasteiger partial charge in [0.15, 0.2) is 0 Å². The van der Waals surface area contributed by atoms with E-state index >= 15 is 0 Å². The van der Waals surface area contributed by atoms with Gasteiger partial charge < -0.3 is 5.32 Å². The summed E-state index contributed by atoms with van der Waals surface area (Å²) in [5, 5.41) is 3.59. The summed E-state index contributed by atoms with van der Waals surface area (Å²) in [6.45, 7) is 8.68. The second-order valence-corrected chi connectivity index (χ2v) is 6.50. The Hall–Kier alpha value is -0.0800. The van der Waals surface area contributed by atoms with Crippen LogP contribution in [0.15, 0.2) is 0 Å². The van der Waals surface area contributed by atoms with E-state index in [9.17, 15) is 0 Å². The van der Waals surface area contributed by atoms with Gasteiger partial charge in [-0.3, -0.25) is 4.90 Å². The molecule has 2 heteroatoms. The van der Waals surface area contributed by atoms with Crippen molar-refractivity contribution >= 4 is 0 Å². The predicted molar refractivity (Wildman–Crippen MR) is 67.4 cm³/mol. The van der Waals surface area contributed by atoms with Crippen molar-refractivity contribution in [3.05, 3.63) is 0 Å². The molecule has 0 amide bonds. The third-order valence-electron chi connectivity index (χ3n) is 5.28. The molecule has 1 saturated carbocycles. The van der Waals surface area contributed by atoms with Gasteiger partial charge in [0.1, 0.15) is 0 Å². The Morgan fingerprint density at radius 1 is 1.19 bits per heavy atom. The van der Waals surface area contributed by atoms with E-state index in [1.54, 1.807) is 0 Å². The third kappa shape index (κ3) is 1.80. The van der Waals surface area contributed by atoms with Gasteiger partial charge >= 0.3 is 0 Å². The summed E-state index contributed by atoms with van der Waals surface area (Å²) in [6, 6.07) is 1.81. The van der Waals surface area contributed by atoms with Crippen molar-refractivity contribution in [1.29, 1.82) is 0 Å². The van der Waals surface area contributed by atoms with Gasteiger partial charge in [-0.1, -0.05) is 13.8 Å². The monoisotopic (exact) mass is 222 g/mol. The highest BCUT2D eigenvalue weighted by atomic mass is 15.2. The zero-order valence-electron chi connectivity index (χ0n) is 10.8. The van der Waals surface area contributed by atoms with Gasteiger partial charge in [0.2, 0.25) is 0 Å². The fourth-order valence-electron chi connectivity index (χ4n) is 4.00. The minimum atomic E-state index is 0.881. The Morgan fingerprint density at radius 2 is 2.00 bits per heavy atom. The normalized spacial score (nSPS) is 44.4. The average molecular weight is 222 g/mol. The number of piperidine rings is 1. The first-order valence-corrected chi connectivity index (χ1v) is 7.22. The molecule has 92 valence electrons. The highest BCUT2D eigenvalue weighted by molar-refractivity contribution is 4.98. The molecule has 0 radical (unpaired) electrons. The van der Waals surface area contributed by atoms with Crippen LogP contribution in [0, 0.1) is 17.8 Å². The summed E-state index contributed by atoms with van der Waals surface area (Å²) < 4.78 is 0. The van der Waals surface area contributed by atoms with E-state index in [0.29, 0.717) is 0 Å². The summed E-state index contributed by atoms with van der Waals surface area (Å²) in [6.07, 6.45) is 5.85. The zero-order chi connectivity index (χ0) is 11.1. The van der Waals surface area contributed by atoms with Crippen molar-refractivity contribution in [3.63, 3.8) is 0 Å². The first kappa shape index (κ1) is 11.0. The molecule has 0 aromatic carbocycles. The number of rotatable bonds is 2. The van der Waals surface area contributed by atoms with E-state index < -0.39 is 0 Å². The molecule has 3 rings (SSSR count). The lowest BCUT2D eigenvalue weighted by Gasteiger charge is -2.50. The molecule has 16 heavy (non-hydrogen) atoms. The largest absolute Gasteiger partial charge is 0.315 e. The van der Waals surface area contributed by atoms with Gasteiger partial charge in [0.05, 0.1) is 0 Å². The molecule has 2 aliphatic heterocycles. The number of nitrogens with one attached hydrogen (secondary N) is 1. The topological polar surface area (TPSA) is 15.3 Å². The predicted octanol–water partition coefficient (Wildman–Crippen LogP) is 2.10. The van der Waals surface area contributed by atoms with E-state index in [1.165, 1.54) is 45.3 Å². The van der Waals surface area contributed by atoms with Crippen LogP contribution in [-0.4, -0.2) is 36.6 Å². The van der Waals surface area contributed by atoms with Crippen molar-refractivity contribution < 1.29 is 0 Å². The molecule has 2 nitrogen and oxygen atoms in total. The Morgan fingerprint density at radius 3 is 2.75 bits per heavy atom. The van der Waals surface area contributed by atoms with Crippen LogP contribution in [0.5, 0.6) is 0 Å². The average Bonchev–Trinajstić information content (AvgIpc) is 2.63. The maximum atomic E-state index is 3.59. The molecular formula is C14H26N2. The molecule has 0 bridgehead atoms. The Labute approximate surface area is 99.8 Å². The maximum absolute atomic E-state index is 3.59. The van der Waals surface area contributed by atoms with Crippen LogP contribution in [0.25, 0.3) is 0 Å². The van der Waals surface area contributed by atoms with Gasteiger partial charge in [-0.15, -0.1) is 0 Å². The quantitative estimate of drug-likeness (QED) is 0.770.